The van der Waals surface area contributed by atoms with Crippen LogP contribution < -0.4 is 0 Å². The first kappa shape index (κ1) is 14.3. The Hall–Kier alpha value is -2.15. The maximum absolute atomic E-state index is 12.5. The van der Waals surface area contributed by atoms with Gasteiger partial charge >= 0.3 is 0 Å². The van der Waals surface area contributed by atoms with Crippen molar-refractivity contribution in [2.75, 3.05) is 0 Å². The lowest BCUT2D eigenvalue weighted by Crippen LogP contribution is -2.05. The average molecular weight is 264 g/mol. The third-order valence-electron chi connectivity index (χ3n) is 3.32. The lowest BCUT2D eigenvalue weighted by molar-refractivity contribution is -0.113. The smallest absolute Gasteiger partial charge is 0.163 e. The first-order valence-corrected chi connectivity index (χ1v) is 6.98. The highest BCUT2D eigenvalue weighted by atomic mass is 16.1. The lowest BCUT2D eigenvalue weighted by Gasteiger charge is -2.09. The van der Waals surface area contributed by atoms with Crippen molar-refractivity contribution in [2.45, 2.75) is 26.7 Å². The van der Waals surface area contributed by atoms with Gasteiger partial charge in [-0.05, 0) is 31.4 Å². The Kier molecular flexibility index (Phi) is 4.89. The van der Waals surface area contributed by atoms with Gasteiger partial charge in [-0.3, -0.25) is 4.79 Å². The Morgan fingerprint density at radius 1 is 0.850 bits per heavy atom. The maximum atomic E-state index is 12.5. The molecule has 2 rings (SSSR count). The first-order chi connectivity index (χ1) is 9.68. The Morgan fingerprint density at radius 2 is 1.40 bits per heavy atom. The molecule has 0 aliphatic rings. The summed E-state index contributed by atoms with van der Waals surface area (Å²) in [7, 11) is 0. The van der Waals surface area contributed by atoms with Gasteiger partial charge in [0.1, 0.15) is 0 Å². The standard InChI is InChI=1S/C19H20O/c1-15(2)19(17-11-7-4-8-12-17)18(20)14-13-16-9-5-3-6-10-16/h3-12H,13-14H2,1-2H3. The molecule has 0 unspecified atom stereocenters. The summed E-state index contributed by atoms with van der Waals surface area (Å²) in [6.45, 7) is 4.01. The maximum Gasteiger partial charge on any atom is 0.163 e. The monoisotopic (exact) mass is 264 g/mol. The van der Waals surface area contributed by atoms with Crippen LogP contribution in [0.5, 0.6) is 0 Å². The van der Waals surface area contributed by atoms with E-state index in [4.69, 9.17) is 0 Å². The molecule has 0 aliphatic carbocycles. The molecule has 1 heteroatoms. The zero-order chi connectivity index (χ0) is 14.4. The molecule has 102 valence electrons. The van der Waals surface area contributed by atoms with E-state index in [1.807, 2.05) is 62.4 Å². The Balaban J connectivity index is 2.12. The third-order valence-corrected chi connectivity index (χ3v) is 3.32. The second-order valence-corrected chi connectivity index (χ2v) is 5.15. The van der Waals surface area contributed by atoms with Crippen LogP contribution in [-0.4, -0.2) is 5.78 Å². The molecule has 2 aromatic rings. The number of aryl methyl sites for hydroxylation is 1. The van der Waals surface area contributed by atoms with Gasteiger partial charge in [0.25, 0.3) is 0 Å². The number of Topliss-reactive ketones (excluding diaryl/α,β-unsaturated/α-hetero) is 1. The van der Waals surface area contributed by atoms with Crippen molar-refractivity contribution < 1.29 is 4.79 Å². The number of hydrogen-bond acceptors (Lipinski definition) is 1. The quantitative estimate of drug-likeness (QED) is 0.716. The molecule has 1 nitrogen and oxygen atoms in total. The van der Waals surface area contributed by atoms with Gasteiger partial charge in [-0.1, -0.05) is 66.2 Å². The average Bonchev–Trinajstić information content (AvgIpc) is 2.47. The van der Waals surface area contributed by atoms with Crippen LogP contribution in [0.15, 0.2) is 66.2 Å². The van der Waals surface area contributed by atoms with E-state index in [0.717, 1.165) is 23.1 Å². The molecule has 0 atom stereocenters. The zero-order valence-electron chi connectivity index (χ0n) is 12.1. The Morgan fingerprint density at radius 3 is 1.95 bits per heavy atom. The van der Waals surface area contributed by atoms with Crippen molar-refractivity contribution in [3.63, 3.8) is 0 Å². The summed E-state index contributed by atoms with van der Waals surface area (Å²) in [6.07, 6.45) is 1.35. The summed E-state index contributed by atoms with van der Waals surface area (Å²) in [5, 5.41) is 0. The van der Waals surface area contributed by atoms with Gasteiger partial charge in [0.2, 0.25) is 0 Å². The molecular weight excluding hydrogens is 244 g/mol. The van der Waals surface area contributed by atoms with E-state index in [9.17, 15) is 4.79 Å². The van der Waals surface area contributed by atoms with Crippen molar-refractivity contribution in [2.24, 2.45) is 0 Å². The fraction of sp³-hybridized carbons (Fsp3) is 0.211. The van der Waals surface area contributed by atoms with Crippen LogP contribution in [0.25, 0.3) is 5.57 Å². The molecule has 2 aromatic carbocycles. The molecule has 0 fully saturated rings. The summed E-state index contributed by atoms with van der Waals surface area (Å²) >= 11 is 0. The molecule has 0 amide bonds. The van der Waals surface area contributed by atoms with Crippen molar-refractivity contribution >= 4 is 11.4 Å². The predicted octanol–water partition coefficient (Wildman–Crippen LogP) is 4.68. The molecule has 0 radical (unpaired) electrons. The molecular formula is C19H20O. The molecule has 0 aliphatic heterocycles. The van der Waals surface area contributed by atoms with E-state index in [0.29, 0.717) is 6.42 Å². The van der Waals surface area contributed by atoms with Crippen LogP contribution in [0.2, 0.25) is 0 Å². The molecule has 0 spiro atoms. The summed E-state index contributed by atoms with van der Waals surface area (Å²) in [6, 6.07) is 20.1. The highest BCUT2D eigenvalue weighted by Crippen LogP contribution is 2.21. The van der Waals surface area contributed by atoms with Crippen LogP contribution in [0.3, 0.4) is 0 Å². The number of rotatable bonds is 5. The fourth-order valence-electron chi connectivity index (χ4n) is 2.36. The number of hydrogen-bond donors (Lipinski definition) is 0. The van der Waals surface area contributed by atoms with Gasteiger partial charge in [0.15, 0.2) is 5.78 Å². The molecule has 20 heavy (non-hydrogen) atoms. The number of carbonyl (C=O) groups excluding carboxylic acids is 1. The SMILES string of the molecule is CC(C)=C(C(=O)CCc1ccccc1)c1ccccc1. The minimum atomic E-state index is 0.222. The van der Waals surface area contributed by atoms with Gasteiger partial charge in [0, 0.05) is 12.0 Å². The van der Waals surface area contributed by atoms with Crippen LogP contribution in [-0.2, 0) is 11.2 Å². The number of benzene rings is 2. The second kappa shape index (κ2) is 6.85. The largest absolute Gasteiger partial charge is 0.294 e. The van der Waals surface area contributed by atoms with Crippen LogP contribution in [0, 0.1) is 0 Å². The zero-order valence-corrected chi connectivity index (χ0v) is 12.1. The predicted molar refractivity (Wildman–Crippen MR) is 84.5 cm³/mol. The van der Waals surface area contributed by atoms with Crippen molar-refractivity contribution in [1.29, 1.82) is 0 Å². The van der Waals surface area contributed by atoms with Crippen molar-refractivity contribution in [3.8, 4) is 0 Å². The summed E-state index contributed by atoms with van der Waals surface area (Å²) in [5.74, 6) is 0.222. The van der Waals surface area contributed by atoms with E-state index in [1.165, 1.54) is 5.56 Å². The van der Waals surface area contributed by atoms with E-state index >= 15 is 0 Å². The Bertz CT molecular complexity index is 590. The van der Waals surface area contributed by atoms with E-state index in [2.05, 4.69) is 12.1 Å². The normalized spacial score (nSPS) is 10.1. The van der Waals surface area contributed by atoms with Crippen molar-refractivity contribution in [1.82, 2.24) is 0 Å². The van der Waals surface area contributed by atoms with E-state index in [-0.39, 0.29) is 5.78 Å². The number of ketones is 1. The molecule has 0 N–H and O–H groups in total. The lowest BCUT2D eigenvalue weighted by atomic mass is 9.94. The molecule has 0 heterocycles. The fourth-order valence-corrected chi connectivity index (χ4v) is 2.36. The van der Waals surface area contributed by atoms with Crippen LogP contribution >= 0.6 is 0 Å². The molecule has 0 saturated carbocycles. The highest BCUT2D eigenvalue weighted by Gasteiger charge is 2.13. The van der Waals surface area contributed by atoms with Gasteiger partial charge in [0.05, 0.1) is 0 Å². The van der Waals surface area contributed by atoms with E-state index < -0.39 is 0 Å². The number of allylic oxidation sites excluding steroid dienone is 2. The first-order valence-electron chi connectivity index (χ1n) is 6.98. The second-order valence-electron chi connectivity index (χ2n) is 5.15. The van der Waals surface area contributed by atoms with Crippen molar-refractivity contribution in [3.05, 3.63) is 77.4 Å². The minimum absolute atomic E-state index is 0.222. The van der Waals surface area contributed by atoms with Gasteiger partial charge in [-0.25, -0.2) is 0 Å². The van der Waals surface area contributed by atoms with Gasteiger partial charge in [-0.15, -0.1) is 0 Å². The molecule has 0 aromatic heterocycles. The topological polar surface area (TPSA) is 17.1 Å². The Labute approximate surface area is 121 Å². The summed E-state index contributed by atoms with van der Waals surface area (Å²) < 4.78 is 0. The summed E-state index contributed by atoms with van der Waals surface area (Å²) in [5.41, 5.74) is 4.17. The highest BCUT2D eigenvalue weighted by molar-refractivity contribution is 6.21. The van der Waals surface area contributed by atoms with Crippen LogP contribution in [0.1, 0.15) is 31.4 Å². The van der Waals surface area contributed by atoms with Gasteiger partial charge in [-0.2, -0.15) is 0 Å². The minimum Gasteiger partial charge on any atom is -0.294 e. The molecule has 0 bridgehead atoms. The third kappa shape index (κ3) is 3.67. The van der Waals surface area contributed by atoms with Crippen LogP contribution in [0.4, 0.5) is 0 Å². The summed E-state index contributed by atoms with van der Waals surface area (Å²) in [4.78, 5) is 12.5. The molecule has 0 saturated heterocycles. The number of carbonyl (C=O) groups is 1. The van der Waals surface area contributed by atoms with E-state index in [1.54, 1.807) is 0 Å². The van der Waals surface area contributed by atoms with Gasteiger partial charge < -0.3 is 0 Å².